The molecule has 0 spiro atoms. The predicted octanol–water partition coefficient (Wildman–Crippen LogP) is 3.30. The average molecular weight is 316 g/mol. The SMILES string of the molecule is CCCCNC(=O)[C@]1(C)Cc2ccccc2N(CCCC)C1=O. The minimum absolute atomic E-state index is 0.0707. The third-order valence-electron chi connectivity index (χ3n) is 4.60. The number of carbonyl (C=O) groups excluding carboxylic acids is 2. The van der Waals surface area contributed by atoms with Crippen molar-refractivity contribution < 1.29 is 9.59 Å². The van der Waals surface area contributed by atoms with Gasteiger partial charge in [-0.05, 0) is 37.8 Å². The molecule has 4 nitrogen and oxygen atoms in total. The highest BCUT2D eigenvalue weighted by molar-refractivity contribution is 6.13. The zero-order valence-corrected chi connectivity index (χ0v) is 14.5. The zero-order chi connectivity index (χ0) is 16.9. The molecule has 0 bridgehead atoms. The number of nitrogens with zero attached hydrogens (tertiary/aromatic N) is 1. The Morgan fingerprint density at radius 3 is 2.61 bits per heavy atom. The van der Waals surface area contributed by atoms with Gasteiger partial charge in [-0.1, -0.05) is 44.9 Å². The zero-order valence-electron chi connectivity index (χ0n) is 14.5. The maximum absolute atomic E-state index is 13.1. The molecule has 23 heavy (non-hydrogen) atoms. The first kappa shape index (κ1) is 17.5. The van der Waals surface area contributed by atoms with Gasteiger partial charge in [0.05, 0.1) is 0 Å². The smallest absolute Gasteiger partial charge is 0.242 e. The van der Waals surface area contributed by atoms with E-state index in [9.17, 15) is 9.59 Å². The highest BCUT2D eigenvalue weighted by Crippen LogP contribution is 2.37. The van der Waals surface area contributed by atoms with E-state index in [1.54, 1.807) is 6.92 Å². The van der Waals surface area contributed by atoms with Crippen LogP contribution in [0.3, 0.4) is 0 Å². The van der Waals surface area contributed by atoms with E-state index in [4.69, 9.17) is 0 Å². The van der Waals surface area contributed by atoms with Crippen LogP contribution >= 0.6 is 0 Å². The Hall–Kier alpha value is -1.84. The molecule has 0 aliphatic carbocycles. The third-order valence-corrected chi connectivity index (χ3v) is 4.60. The number of hydrogen-bond donors (Lipinski definition) is 1. The molecule has 1 atom stereocenters. The fraction of sp³-hybridized carbons (Fsp3) is 0.579. The van der Waals surface area contributed by atoms with Gasteiger partial charge in [0.1, 0.15) is 5.41 Å². The summed E-state index contributed by atoms with van der Waals surface area (Å²) in [6, 6.07) is 7.94. The molecule has 0 aromatic heterocycles. The summed E-state index contributed by atoms with van der Waals surface area (Å²) in [5.74, 6) is -0.217. The Labute approximate surface area is 139 Å². The Balaban J connectivity index is 2.28. The van der Waals surface area contributed by atoms with Crippen LogP contribution in [-0.4, -0.2) is 24.9 Å². The quantitative estimate of drug-likeness (QED) is 0.620. The minimum atomic E-state index is -1.00. The van der Waals surface area contributed by atoms with E-state index >= 15 is 0 Å². The number of benzene rings is 1. The molecule has 1 aliphatic rings. The Kier molecular flexibility index (Phi) is 5.80. The van der Waals surface area contributed by atoms with Crippen LogP contribution < -0.4 is 10.2 Å². The molecule has 1 aliphatic heterocycles. The van der Waals surface area contributed by atoms with Crippen LogP contribution in [0.1, 0.15) is 52.0 Å². The lowest BCUT2D eigenvalue weighted by Gasteiger charge is -2.39. The van der Waals surface area contributed by atoms with Crippen molar-refractivity contribution in [3.05, 3.63) is 29.8 Å². The number of nitrogens with one attached hydrogen (secondary N) is 1. The first-order valence-electron chi connectivity index (χ1n) is 8.72. The van der Waals surface area contributed by atoms with Crippen LogP contribution in [0.25, 0.3) is 0 Å². The Morgan fingerprint density at radius 2 is 1.91 bits per heavy atom. The van der Waals surface area contributed by atoms with Crippen molar-refractivity contribution >= 4 is 17.5 Å². The second-order valence-electron chi connectivity index (χ2n) is 6.56. The largest absolute Gasteiger partial charge is 0.355 e. The van der Waals surface area contributed by atoms with E-state index in [0.717, 1.165) is 36.9 Å². The van der Waals surface area contributed by atoms with Gasteiger partial charge >= 0.3 is 0 Å². The van der Waals surface area contributed by atoms with Crippen LogP contribution in [0.15, 0.2) is 24.3 Å². The maximum Gasteiger partial charge on any atom is 0.242 e. The predicted molar refractivity (Wildman–Crippen MR) is 93.4 cm³/mol. The molecule has 0 radical (unpaired) electrons. The summed E-state index contributed by atoms with van der Waals surface area (Å²) in [6.07, 6.45) is 4.39. The molecular formula is C19H28N2O2. The van der Waals surface area contributed by atoms with Gasteiger partial charge < -0.3 is 10.2 Å². The minimum Gasteiger partial charge on any atom is -0.355 e. The summed E-state index contributed by atoms with van der Waals surface area (Å²) >= 11 is 0. The number of fused-ring (bicyclic) bond motifs is 1. The summed E-state index contributed by atoms with van der Waals surface area (Å²) in [5.41, 5.74) is 1.04. The molecule has 1 aromatic rings. The second kappa shape index (κ2) is 7.62. The van der Waals surface area contributed by atoms with E-state index in [1.807, 2.05) is 29.2 Å². The fourth-order valence-corrected chi connectivity index (χ4v) is 3.08. The topological polar surface area (TPSA) is 49.4 Å². The molecule has 1 heterocycles. The normalized spacial score (nSPS) is 20.3. The second-order valence-corrected chi connectivity index (χ2v) is 6.56. The molecular weight excluding hydrogens is 288 g/mol. The van der Waals surface area contributed by atoms with Crippen molar-refractivity contribution in [1.82, 2.24) is 5.32 Å². The lowest BCUT2D eigenvalue weighted by molar-refractivity contribution is -0.141. The molecule has 0 saturated carbocycles. The summed E-state index contributed by atoms with van der Waals surface area (Å²) in [6.45, 7) is 7.28. The average Bonchev–Trinajstić information content (AvgIpc) is 2.55. The third kappa shape index (κ3) is 3.57. The summed E-state index contributed by atoms with van der Waals surface area (Å²) in [4.78, 5) is 27.5. The van der Waals surface area contributed by atoms with E-state index < -0.39 is 5.41 Å². The van der Waals surface area contributed by atoms with Crippen LogP contribution in [0.4, 0.5) is 5.69 Å². The molecule has 0 fully saturated rings. The van der Waals surface area contributed by atoms with E-state index in [1.165, 1.54) is 0 Å². The Bertz CT molecular complexity index is 570. The van der Waals surface area contributed by atoms with Crippen molar-refractivity contribution in [2.45, 2.75) is 52.9 Å². The number of para-hydroxylation sites is 1. The van der Waals surface area contributed by atoms with E-state index in [2.05, 4.69) is 19.2 Å². The number of carbonyl (C=O) groups is 2. The fourth-order valence-electron chi connectivity index (χ4n) is 3.08. The number of hydrogen-bond acceptors (Lipinski definition) is 2. The van der Waals surface area contributed by atoms with Gasteiger partial charge in [0, 0.05) is 18.8 Å². The van der Waals surface area contributed by atoms with Gasteiger partial charge in [0.25, 0.3) is 0 Å². The van der Waals surface area contributed by atoms with Crippen molar-refractivity contribution in [2.75, 3.05) is 18.0 Å². The van der Waals surface area contributed by atoms with Gasteiger partial charge in [0.2, 0.25) is 11.8 Å². The lowest BCUT2D eigenvalue weighted by Crippen LogP contribution is -2.55. The first-order valence-corrected chi connectivity index (χ1v) is 8.72. The summed E-state index contributed by atoms with van der Waals surface area (Å²) in [7, 11) is 0. The van der Waals surface area contributed by atoms with E-state index in [0.29, 0.717) is 19.5 Å². The van der Waals surface area contributed by atoms with Gasteiger partial charge in [-0.2, -0.15) is 0 Å². The van der Waals surface area contributed by atoms with E-state index in [-0.39, 0.29) is 11.8 Å². The van der Waals surface area contributed by atoms with Crippen LogP contribution in [-0.2, 0) is 16.0 Å². The number of unbranched alkanes of at least 4 members (excludes halogenated alkanes) is 2. The highest BCUT2D eigenvalue weighted by Gasteiger charge is 2.47. The molecule has 126 valence electrons. The van der Waals surface area contributed by atoms with Gasteiger partial charge in [-0.25, -0.2) is 0 Å². The molecule has 2 amide bonds. The van der Waals surface area contributed by atoms with Crippen molar-refractivity contribution in [3.63, 3.8) is 0 Å². The number of amides is 2. The first-order chi connectivity index (χ1) is 11.0. The van der Waals surface area contributed by atoms with Crippen molar-refractivity contribution in [2.24, 2.45) is 5.41 Å². The molecule has 0 saturated heterocycles. The van der Waals surface area contributed by atoms with Crippen molar-refractivity contribution in [1.29, 1.82) is 0 Å². The summed E-state index contributed by atoms with van der Waals surface area (Å²) in [5, 5.41) is 2.95. The van der Waals surface area contributed by atoms with Crippen molar-refractivity contribution in [3.8, 4) is 0 Å². The van der Waals surface area contributed by atoms with Crippen LogP contribution in [0, 0.1) is 5.41 Å². The van der Waals surface area contributed by atoms with Gasteiger partial charge in [-0.3, -0.25) is 9.59 Å². The molecule has 0 unspecified atom stereocenters. The van der Waals surface area contributed by atoms with Crippen LogP contribution in [0.5, 0.6) is 0 Å². The highest BCUT2D eigenvalue weighted by atomic mass is 16.2. The molecule has 1 aromatic carbocycles. The number of rotatable bonds is 7. The standard InChI is InChI=1S/C19H28N2O2/c1-4-6-12-20-17(22)19(3)14-15-10-8-9-11-16(15)21(18(19)23)13-7-5-2/h8-11H,4-7,12-14H2,1-3H3,(H,20,22)/t19-/m0/s1. The maximum atomic E-state index is 13.1. The Morgan fingerprint density at radius 1 is 1.22 bits per heavy atom. The van der Waals surface area contributed by atoms with Gasteiger partial charge in [0.15, 0.2) is 0 Å². The number of anilines is 1. The lowest BCUT2D eigenvalue weighted by atomic mass is 9.77. The summed E-state index contributed by atoms with van der Waals surface area (Å²) < 4.78 is 0. The molecule has 4 heteroatoms. The van der Waals surface area contributed by atoms with Crippen LogP contribution in [0.2, 0.25) is 0 Å². The monoisotopic (exact) mass is 316 g/mol. The molecule has 2 rings (SSSR count). The molecule has 1 N–H and O–H groups in total. The van der Waals surface area contributed by atoms with Gasteiger partial charge in [-0.15, -0.1) is 0 Å².